The summed E-state index contributed by atoms with van der Waals surface area (Å²) in [5.74, 6) is 0.322. The molecule has 0 radical (unpaired) electrons. The van der Waals surface area contributed by atoms with Crippen LogP contribution in [0.3, 0.4) is 0 Å². The van der Waals surface area contributed by atoms with E-state index in [0.29, 0.717) is 18.4 Å². The van der Waals surface area contributed by atoms with Gasteiger partial charge in [-0.1, -0.05) is 24.3 Å². The summed E-state index contributed by atoms with van der Waals surface area (Å²) < 4.78 is 0. The number of amides is 1. The van der Waals surface area contributed by atoms with Crippen LogP contribution in [0.2, 0.25) is 0 Å². The standard InChI is InChI=1S/C13H15NO/c15-13-9-11-5-2-1-4-10(11)8-12-6-3-7-14(12)13/h1-2,4-5,12H,3,6-9H2. The highest BCUT2D eigenvalue weighted by atomic mass is 16.2. The van der Waals surface area contributed by atoms with E-state index in [1.165, 1.54) is 24.0 Å². The summed E-state index contributed by atoms with van der Waals surface area (Å²) >= 11 is 0. The molecule has 1 saturated heterocycles. The van der Waals surface area contributed by atoms with E-state index in [1.807, 2.05) is 6.07 Å². The molecule has 2 heteroatoms. The van der Waals surface area contributed by atoms with Crippen LogP contribution in [0.1, 0.15) is 24.0 Å². The first-order valence-electron chi connectivity index (χ1n) is 5.71. The molecule has 0 N–H and O–H groups in total. The van der Waals surface area contributed by atoms with E-state index in [-0.39, 0.29) is 0 Å². The van der Waals surface area contributed by atoms with Crippen molar-refractivity contribution in [3.8, 4) is 0 Å². The van der Waals surface area contributed by atoms with Gasteiger partial charge >= 0.3 is 0 Å². The average molecular weight is 201 g/mol. The molecule has 0 bridgehead atoms. The van der Waals surface area contributed by atoms with Crippen LogP contribution in [-0.4, -0.2) is 23.4 Å². The fourth-order valence-electron chi connectivity index (χ4n) is 2.82. The van der Waals surface area contributed by atoms with Crippen molar-refractivity contribution < 1.29 is 4.79 Å². The minimum absolute atomic E-state index is 0.322. The van der Waals surface area contributed by atoms with Gasteiger partial charge in [-0.05, 0) is 30.4 Å². The van der Waals surface area contributed by atoms with Gasteiger partial charge in [0.25, 0.3) is 0 Å². The Bertz CT molecular complexity index is 399. The Labute approximate surface area is 89.9 Å². The zero-order valence-electron chi connectivity index (χ0n) is 8.78. The largest absolute Gasteiger partial charge is 0.339 e. The van der Waals surface area contributed by atoms with Crippen molar-refractivity contribution >= 4 is 5.91 Å². The first kappa shape index (κ1) is 8.96. The second-order valence-electron chi connectivity index (χ2n) is 4.53. The number of rotatable bonds is 0. The highest BCUT2D eigenvalue weighted by Crippen LogP contribution is 2.27. The Morgan fingerprint density at radius 3 is 2.87 bits per heavy atom. The Morgan fingerprint density at radius 1 is 1.20 bits per heavy atom. The number of carbonyl (C=O) groups excluding carboxylic acids is 1. The second kappa shape index (κ2) is 3.37. The Kier molecular flexibility index (Phi) is 2.01. The maximum atomic E-state index is 12.0. The van der Waals surface area contributed by atoms with Gasteiger partial charge < -0.3 is 4.90 Å². The number of fused-ring (bicyclic) bond motifs is 2. The Hall–Kier alpha value is -1.31. The lowest BCUT2D eigenvalue weighted by atomic mass is 9.99. The van der Waals surface area contributed by atoms with Crippen LogP contribution in [-0.2, 0) is 17.6 Å². The highest BCUT2D eigenvalue weighted by molar-refractivity contribution is 5.80. The maximum Gasteiger partial charge on any atom is 0.227 e. The van der Waals surface area contributed by atoms with Gasteiger partial charge in [-0.2, -0.15) is 0 Å². The molecule has 2 aliphatic heterocycles. The van der Waals surface area contributed by atoms with Gasteiger partial charge in [0.15, 0.2) is 0 Å². The van der Waals surface area contributed by atoms with Crippen molar-refractivity contribution in [1.29, 1.82) is 0 Å². The molecular weight excluding hydrogens is 186 g/mol. The number of nitrogens with zero attached hydrogens (tertiary/aromatic N) is 1. The third-order valence-corrected chi connectivity index (χ3v) is 3.61. The van der Waals surface area contributed by atoms with E-state index >= 15 is 0 Å². The SMILES string of the molecule is O=C1Cc2ccccc2CC2CCCN12. The predicted molar refractivity (Wildman–Crippen MR) is 58.6 cm³/mol. The van der Waals surface area contributed by atoms with Crippen molar-refractivity contribution in [3.05, 3.63) is 35.4 Å². The van der Waals surface area contributed by atoms with Crippen LogP contribution >= 0.6 is 0 Å². The lowest BCUT2D eigenvalue weighted by Crippen LogP contribution is -2.35. The van der Waals surface area contributed by atoms with Gasteiger partial charge in [0.1, 0.15) is 0 Å². The number of benzene rings is 1. The quantitative estimate of drug-likeness (QED) is 0.626. The van der Waals surface area contributed by atoms with Gasteiger partial charge in [0.05, 0.1) is 6.42 Å². The molecule has 1 fully saturated rings. The van der Waals surface area contributed by atoms with Gasteiger partial charge in [-0.3, -0.25) is 4.79 Å². The van der Waals surface area contributed by atoms with Crippen LogP contribution < -0.4 is 0 Å². The second-order valence-corrected chi connectivity index (χ2v) is 4.53. The summed E-state index contributed by atoms with van der Waals surface area (Å²) in [6.07, 6.45) is 4.02. The third kappa shape index (κ3) is 1.44. The average Bonchev–Trinajstić information content (AvgIpc) is 2.64. The smallest absolute Gasteiger partial charge is 0.227 e. The molecule has 78 valence electrons. The zero-order chi connectivity index (χ0) is 10.3. The minimum Gasteiger partial charge on any atom is -0.339 e. The van der Waals surface area contributed by atoms with Crippen molar-refractivity contribution in [2.75, 3.05) is 6.54 Å². The van der Waals surface area contributed by atoms with E-state index in [4.69, 9.17) is 0 Å². The monoisotopic (exact) mass is 201 g/mol. The molecule has 2 heterocycles. The maximum absolute atomic E-state index is 12.0. The molecule has 0 saturated carbocycles. The molecular formula is C13H15NO. The lowest BCUT2D eigenvalue weighted by Gasteiger charge is -2.21. The van der Waals surface area contributed by atoms with Crippen LogP contribution in [0, 0.1) is 0 Å². The van der Waals surface area contributed by atoms with Crippen molar-refractivity contribution in [2.45, 2.75) is 31.7 Å². The summed E-state index contributed by atoms with van der Waals surface area (Å²) in [6, 6.07) is 8.84. The Balaban J connectivity index is 2.00. The third-order valence-electron chi connectivity index (χ3n) is 3.61. The number of hydrogen-bond donors (Lipinski definition) is 0. The van der Waals surface area contributed by atoms with Gasteiger partial charge in [0, 0.05) is 12.6 Å². The zero-order valence-corrected chi connectivity index (χ0v) is 8.78. The molecule has 1 atom stereocenters. The minimum atomic E-state index is 0.322. The fraction of sp³-hybridized carbons (Fsp3) is 0.462. The molecule has 2 aliphatic rings. The highest BCUT2D eigenvalue weighted by Gasteiger charge is 2.31. The molecule has 1 amide bonds. The first-order valence-corrected chi connectivity index (χ1v) is 5.71. The van der Waals surface area contributed by atoms with Gasteiger partial charge in [-0.15, -0.1) is 0 Å². The molecule has 0 spiro atoms. The van der Waals surface area contributed by atoms with Crippen molar-refractivity contribution in [2.24, 2.45) is 0 Å². The molecule has 1 aromatic carbocycles. The number of hydrogen-bond acceptors (Lipinski definition) is 1. The summed E-state index contributed by atoms with van der Waals surface area (Å²) in [4.78, 5) is 14.1. The van der Waals surface area contributed by atoms with Crippen LogP contribution in [0.25, 0.3) is 0 Å². The van der Waals surface area contributed by atoms with Crippen molar-refractivity contribution in [3.63, 3.8) is 0 Å². The molecule has 0 aliphatic carbocycles. The fourth-order valence-corrected chi connectivity index (χ4v) is 2.82. The molecule has 1 aromatic rings. The van der Waals surface area contributed by atoms with Crippen LogP contribution in [0.4, 0.5) is 0 Å². The van der Waals surface area contributed by atoms with E-state index in [9.17, 15) is 4.79 Å². The van der Waals surface area contributed by atoms with E-state index in [1.54, 1.807) is 0 Å². The number of carbonyl (C=O) groups is 1. The molecule has 1 unspecified atom stereocenters. The molecule has 3 rings (SSSR count). The molecule has 15 heavy (non-hydrogen) atoms. The summed E-state index contributed by atoms with van der Waals surface area (Å²) in [6.45, 7) is 0.970. The van der Waals surface area contributed by atoms with Gasteiger partial charge in [-0.25, -0.2) is 0 Å². The summed E-state index contributed by atoms with van der Waals surface area (Å²) in [7, 11) is 0. The Morgan fingerprint density at radius 2 is 2.00 bits per heavy atom. The topological polar surface area (TPSA) is 20.3 Å². The van der Waals surface area contributed by atoms with E-state index < -0.39 is 0 Å². The van der Waals surface area contributed by atoms with Crippen LogP contribution in [0.15, 0.2) is 24.3 Å². The summed E-state index contributed by atoms with van der Waals surface area (Å²) in [5, 5.41) is 0. The van der Waals surface area contributed by atoms with E-state index in [2.05, 4.69) is 23.1 Å². The first-order chi connectivity index (χ1) is 7.34. The molecule has 2 nitrogen and oxygen atoms in total. The molecule has 0 aromatic heterocycles. The lowest BCUT2D eigenvalue weighted by molar-refractivity contribution is -0.130. The van der Waals surface area contributed by atoms with Crippen LogP contribution in [0.5, 0.6) is 0 Å². The van der Waals surface area contributed by atoms with Gasteiger partial charge in [0.2, 0.25) is 5.91 Å². The van der Waals surface area contributed by atoms with E-state index in [0.717, 1.165) is 13.0 Å². The summed E-state index contributed by atoms with van der Waals surface area (Å²) in [5.41, 5.74) is 2.61. The normalized spacial score (nSPS) is 24.7. The predicted octanol–water partition coefficient (Wildman–Crippen LogP) is 1.78. The van der Waals surface area contributed by atoms with Crippen molar-refractivity contribution in [1.82, 2.24) is 4.90 Å².